The molecule has 0 spiro atoms. The SMILES string of the molecule is CC1(C)CN(c2c(Cl)cccc2CO)CC(C)(C)O1. The molecule has 19 heavy (non-hydrogen) atoms. The lowest BCUT2D eigenvalue weighted by molar-refractivity contribution is -0.133. The molecule has 1 heterocycles. The van der Waals surface area contributed by atoms with Gasteiger partial charge in [0, 0.05) is 18.7 Å². The van der Waals surface area contributed by atoms with Gasteiger partial charge in [0.1, 0.15) is 0 Å². The van der Waals surface area contributed by atoms with Crippen molar-refractivity contribution >= 4 is 17.3 Å². The van der Waals surface area contributed by atoms with E-state index in [9.17, 15) is 5.11 Å². The molecule has 0 atom stereocenters. The highest BCUT2D eigenvalue weighted by Gasteiger charge is 2.39. The molecule has 4 heteroatoms. The Labute approximate surface area is 120 Å². The summed E-state index contributed by atoms with van der Waals surface area (Å²) >= 11 is 6.33. The van der Waals surface area contributed by atoms with Crippen LogP contribution in [0.5, 0.6) is 0 Å². The van der Waals surface area contributed by atoms with Gasteiger partial charge >= 0.3 is 0 Å². The largest absolute Gasteiger partial charge is 0.392 e. The lowest BCUT2D eigenvalue weighted by Gasteiger charge is -2.48. The summed E-state index contributed by atoms with van der Waals surface area (Å²) in [6.45, 7) is 9.83. The molecule has 0 aromatic heterocycles. The maximum atomic E-state index is 9.52. The quantitative estimate of drug-likeness (QED) is 0.904. The molecule has 1 aromatic carbocycles. The summed E-state index contributed by atoms with van der Waals surface area (Å²) in [6.07, 6.45) is 0. The third-order valence-corrected chi connectivity index (χ3v) is 3.56. The molecule has 106 valence electrons. The number of aliphatic hydroxyl groups is 1. The highest BCUT2D eigenvalue weighted by atomic mass is 35.5. The number of halogens is 1. The molecular weight excluding hydrogens is 262 g/mol. The molecule has 1 aromatic rings. The van der Waals surface area contributed by atoms with Crippen molar-refractivity contribution in [2.45, 2.75) is 45.5 Å². The van der Waals surface area contributed by atoms with Crippen LogP contribution in [0.2, 0.25) is 5.02 Å². The topological polar surface area (TPSA) is 32.7 Å². The number of benzene rings is 1. The molecule has 0 saturated carbocycles. The molecule has 3 nitrogen and oxygen atoms in total. The van der Waals surface area contributed by atoms with Crippen LogP contribution in [-0.2, 0) is 11.3 Å². The number of para-hydroxylation sites is 1. The predicted octanol–water partition coefficient (Wildman–Crippen LogP) is 3.23. The Balaban J connectivity index is 2.41. The minimum atomic E-state index is -0.242. The lowest BCUT2D eigenvalue weighted by atomic mass is 9.97. The van der Waals surface area contributed by atoms with Crippen molar-refractivity contribution in [2.24, 2.45) is 0 Å². The van der Waals surface area contributed by atoms with Crippen LogP contribution < -0.4 is 4.90 Å². The van der Waals surface area contributed by atoms with Gasteiger partial charge in [-0.15, -0.1) is 0 Å². The molecule has 0 unspecified atom stereocenters. The first-order valence-electron chi connectivity index (χ1n) is 6.57. The van der Waals surface area contributed by atoms with Crippen LogP contribution in [0.25, 0.3) is 0 Å². The highest BCUT2D eigenvalue weighted by Crippen LogP contribution is 2.36. The fourth-order valence-corrected chi connectivity index (χ4v) is 3.30. The number of anilines is 1. The van der Waals surface area contributed by atoms with Gasteiger partial charge in [-0.3, -0.25) is 0 Å². The molecule has 0 bridgehead atoms. The van der Waals surface area contributed by atoms with Gasteiger partial charge in [-0.2, -0.15) is 0 Å². The molecule has 0 radical (unpaired) electrons. The van der Waals surface area contributed by atoms with E-state index in [1.807, 2.05) is 18.2 Å². The van der Waals surface area contributed by atoms with Gasteiger partial charge in [-0.25, -0.2) is 0 Å². The van der Waals surface area contributed by atoms with E-state index in [-0.39, 0.29) is 17.8 Å². The minimum Gasteiger partial charge on any atom is -0.392 e. The average molecular weight is 284 g/mol. The first kappa shape index (κ1) is 14.6. The Kier molecular flexibility index (Phi) is 3.83. The first-order valence-corrected chi connectivity index (χ1v) is 6.95. The number of ether oxygens (including phenoxy) is 1. The van der Waals surface area contributed by atoms with Gasteiger partial charge < -0.3 is 14.7 Å². The zero-order chi connectivity index (χ0) is 14.3. The summed E-state index contributed by atoms with van der Waals surface area (Å²) in [5.74, 6) is 0. The molecule has 1 N–H and O–H groups in total. The number of hydrogen-bond donors (Lipinski definition) is 1. The van der Waals surface area contributed by atoms with E-state index < -0.39 is 0 Å². The van der Waals surface area contributed by atoms with Crippen LogP contribution in [0.1, 0.15) is 33.3 Å². The van der Waals surface area contributed by atoms with E-state index in [0.717, 1.165) is 24.3 Å². The fourth-order valence-electron chi connectivity index (χ4n) is 2.99. The fraction of sp³-hybridized carbons (Fsp3) is 0.600. The number of nitrogens with zero attached hydrogens (tertiary/aromatic N) is 1. The Hall–Kier alpha value is -0.770. The van der Waals surface area contributed by atoms with E-state index in [2.05, 4.69) is 32.6 Å². The van der Waals surface area contributed by atoms with Crippen LogP contribution in [-0.4, -0.2) is 29.4 Å². The second-order valence-electron chi connectivity index (χ2n) is 6.38. The van der Waals surface area contributed by atoms with Gasteiger partial charge in [0.15, 0.2) is 0 Å². The van der Waals surface area contributed by atoms with Crippen LogP contribution >= 0.6 is 11.6 Å². The predicted molar refractivity (Wildman–Crippen MR) is 78.8 cm³/mol. The minimum absolute atomic E-state index is 0.00585. The molecule has 1 aliphatic heterocycles. The number of aliphatic hydroxyl groups excluding tert-OH is 1. The number of hydrogen-bond acceptors (Lipinski definition) is 3. The van der Waals surface area contributed by atoms with Crippen molar-refractivity contribution in [1.82, 2.24) is 0 Å². The highest BCUT2D eigenvalue weighted by molar-refractivity contribution is 6.33. The van der Waals surface area contributed by atoms with Crippen molar-refractivity contribution in [3.8, 4) is 0 Å². The van der Waals surface area contributed by atoms with Crippen LogP contribution in [0.15, 0.2) is 18.2 Å². The molecule has 0 aliphatic carbocycles. The third kappa shape index (κ3) is 3.22. The smallest absolute Gasteiger partial charge is 0.0808 e. The molecule has 2 rings (SSSR count). The molecule has 1 saturated heterocycles. The summed E-state index contributed by atoms with van der Waals surface area (Å²) in [5.41, 5.74) is 1.30. The Bertz CT molecular complexity index is 455. The Morgan fingerprint density at radius 3 is 2.32 bits per heavy atom. The van der Waals surface area contributed by atoms with Crippen LogP contribution in [0.4, 0.5) is 5.69 Å². The van der Waals surface area contributed by atoms with E-state index in [0.29, 0.717) is 5.02 Å². The summed E-state index contributed by atoms with van der Waals surface area (Å²) in [7, 11) is 0. The van der Waals surface area contributed by atoms with Crippen LogP contribution in [0, 0.1) is 0 Å². The van der Waals surface area contributed by atoms with Crippen molar-refractivity contribution in [3.63, 3.8) is 0 Å². The number of morpholine rings is 1. The van der Waals surface area contributed by atoms with Gasteiger partial charge in [0.2, 0.25) is 0 Å². The molecular formula is C15H22ClNO2. The van der Waals surface area contributed by atoms with E-state index in [4.69, 9.17) is 16.3 Å². The third-order valence-electron chi connectivity index (χ3n) is 3.25. The first-order chi connectivity index (χ1) is 8.74. The van der Waals surface area contributed by atoms with Crippen LogP contribution in [0.3, 0.4) is 0 Å². The summed E-state index contributed by atoms with van der Waals surface area (Å²) in [5, 5.41) is 10.2. The van der Waals surface area contributed by atoms with E-state index >= 15 is 0 Å². The zero-order valence-electron chi connectivity index (χ0n) is 12.0. The number of rotatable bonds is 2. The second-order valence-corrected chi connectivity index (χ2v) is 6.79. The van der Waals surface area contributed by atoms with Gasteiger partial charge in [-0.05, 0) is 33.8 Å². The molecule has 1 fully saturated rings. The van der Waals surface area contributed by atoms with Gasteiger partial charge in [0.25, 0.3) is 0 Å². The van der Waals surface area contributed by atoms with Gasteiger partial charge in [-0.1, -0.05) is 23.7 Å². The van der Waals surface area contributed by atoms with E-state index in [1.54, 1.807) is 0 Å². The standard InChI is InChI=1S/C15H22ClNO2/c1-14(2)9-17(10-15(3,4)19-14)13-11(8-18)6-5-7-12(13)16/h5-7,18H,8-10H2,1-4H3. The summed E-state index contributed by atoms with van der Waals surface area (Å²) in [6, 6.07) is 5.65. The summed E-state index contributed by atoms with van der Waals surface area (Å²) in [4.78, 5) is 2.22. The lowest BCUT2D eigenvalue weighted by Crippen LogP contribution is -2.57. The van der Waals surface area contributed by atoms with Crippen molar-refractivity contribution < 1.29 is 9.84 Å². The normalized spacial score (nSPS) is 21.5. The van der Waals surface area contributed by atoms with Gasteiger partial charge in [0.05, 0.1) is 28.5 Å². The Morgan fingerprint density at radius 2 is 1.79 bits per heavy atom. The van der Waals surface area contributed by atoms with Crippen molar-refractivity contribution in [3.05, 3.63) is 28.8 Å². The molecule has 0 amide bonds. The van der Waals surface area contributed by atoms with E-state index in [1.165, 1.54) is 0 Å². The summed E-state index contributed by atoms with van der Waals surface area (Å²) < 4.78 is 6.08. The van der Waals surface area contributed by atoms with Crippen molar-refractivity contribution in [1.29, 1.82) is 0 Å². The van der Waals surface area contributed by atoms with Crippen molar-refractivity contribution in [2.75, 3.05) is 18.0 Å². The maximum Gasteiger partial charge on any atom is 0.0808 e. The Morgan fingerprint density at radius 1 is 1.21 bits per heavy atom. The average Bonchev–Trinajstić information content (AvgIpc) is 2.24. The second kappa shape index (κ2) is 4.97. The monoisotopic (exact) mass is 283 g/mol. The molecule has 1 aliphatic rings. The maximum absolute atomic E-state index is 9.52. The zero-order valence-corrected chi connectivity index (χ0v) is 12.8.